The smallest absolute Gasteiger partial charge is 0.113 e. The van der Waals surface area contributed by atoms with Crippen LogP contribution in [0.25, 0.3) is 11.0 Å². The number of hydrogen-bond acceptors (Lipinski definition) is 1. The highest BCUT2D eigenvalue weighted by Crippen LogP contribution is 2.11. The van der Waals surface area contributed by atoms with Crippen molar-refractivity contribution in [2.75, 3.05) is 0 Å². The van der Waals surface area contributed by atoms with Gasteiger partial charge in [0.1, 0.15) is 13.7 Å². The molecule has 0 aliphatic carbocycles. The predicted octanol–water partition coefficient (Wildman–Crippen LogP) is 0.676. The highest BCUT2D eigenvalue weighted by molar-refractivity contribution is 6.33. The van der Waals surface area contributed by atoms with Crippen molar-refractivity contribution in [1.29, 1.82) is 0 Å². The lowest BCUT2D eigenvalue weighted by Crippen LogP contribution is -1.99. The average Bonchev–Trinajstić information content (AvgIpc) is 2.28. The molecule has 0 saturated carbocycles. The second-order valence-corrected chi connectivity index (χ2v) is 2.97. The van der Waals surface area contributed by atoms with Gasteiger partial charge in [-0.1, -0.05) is 11.5 Å². The van der Waals surface area contributed by atoms with E-state index in [2.05, 4.69) is 9.55 Å². The summed E-state index contributed by atoms with van der Waals surface area (Å²) < 4.78 is 2.05. The highest BCUT2D eigenvalue weighted by atomic mass is 15.0. The van der Waals surface area contributed by atoms with E-state index in [9.17, 15) is 0 Å². The maximum Gasteiger partial charge on any atom is 0.113 e. The Balaban J connectivity index is 2.87. The minimum absolute atomic E-state index is 0.764. The molecule has 2 aromatic rings. The van der Waals surface area contributed by atoms with Crippen LogP contribution in [0.2, 0.25) is 0 Å². The molecule has 1 aromatic heterocycles. The van der Waals surface area contributed by atoms with Gasteiger partial charge in [0.05, 0.1) is 11.0 Å². The van der Waals surface area contributed by atoms with Crippen LogP contribution in [0, 0.1) is 6.92 Å². The van der Waals surface area contributed by atoms with Crippen LogP contribution in [0.4, 0.5) is 0 Å². The quantitative estimate of drug-likeness (QED) is 0.512. The number of aryl methyl sites for hydroxylation is 2. The Morgan fingerprint density at radius 3 is 2.92 bits per heavy atom. The topological polar surface area (TPSA) is 17.8 Å². The number of nitrogens with zero attached hydrogens (tertiary/aromatic N) is 2. The molecule has 1 aromatic carbocycles. The normalized spacial score (nSPS) is 10.8. The third-order valence-corrected chi connectivity index (χ3v) is 2.13. The van der Waals surface area contributed by atoms with Crippen LogP contribution in [0.5, 0.6) is 0 Å². The summed E-state index contributed by atoms with van der Waals surface area (Å²) in [5.74, 6) is 1.01. The lowest BCUT2D eigenvalue weighted by Gasteiger charge is -1.96. The Labute approximate surface area is 72.6 Å². The number of aromatic nitrogens is 2. The zero-order valence-corrected chi connectivity index (χ0v) is 7.20. The molecule has 12 heavy (non-hydrogen) atoms. The van der Waals surface area contributed by atoms with Crippen LogP contribution in [-0.4, -0.2) is 17.4 Å². The van der Waals surface area contributed by atoms with Gasteiger partial charge in [0, 0.05) is 7.05 Å². The first-order valence-electron chi connectivity index (χ1n) is 3.87. The van der Waals surface area contributed by atoms with Crippen molar-refractivity contribution in [3.63, 3.8) is 0 Å². The molecule has 2 nitrogen and oxygen atoms in total. The van der Waals surface area contributed by atoms with Crippen LogP contribution in [0.3, 0.4) is 0 Å². The van der Waals surface area contributed by atoms with Gasteiger partial charge >= 0.3 is 0 Å². The second kappa shape index (κ2) is 2.37. The Hall–Kier alpha value is -1.25. The molecule has 0 atom stereocenters. The Morgan fingerprint density at radius 1 is 1.42 bits per heavy atom. The van der Waals surface area contributed by atoms with E-state index in [1.165, 1.54) is 0 Å². The number of fused-ring (bicyclic) bond motifs is 1. The number of hydrogen-bond donors (Lipinski definition) is 0. The SMILES string of the molecule is [B]c1ccc2c(c1)nc(C)n2C. The summed E-state index contributed by atoms with van der Waals surface area (Å²) in [5.41, 5.74) is 2.86. The van der Waals surface area contributed by atoms with Gasteiger partial charge in [-0.05, 0) is 19.1 Å². The summed E-state index contributed by atoms with van der Waals surface area (Å²) in [6.45, 7) is 1.98. The largest absolute Gasteiger partial charge is 0.331 e. The first-order chi connectivity index (χ1) is 5.68. The van der Waals surface area contributed by atoms with E-state index in [1.54, 1.807) is 0 Å². The summed E-state index contributed by atoms with van der Waals surface area (Å²) in [6, 6.07) is 5.77. The Bertz CT molecular complexity index is 431. The molecule has 0 aliphatic rings. The minimum Gasteiger partial charge on any atom is -0.331 e. The fourth-order valence-electron chi connectivity index (χ4n) is 1.34. The number of benzene rings is 1. The van der Waals surface area contributed by atoms with E-state index in [0.29, 0.717) is 0 Å². The first-order valence-corrected chi connectivity index (χ1v) is 3.87. The zero-order chi connectivity index (χ0) is 8.72. The minimum atomic E-state index is 0.764. The maximum absolute atomic E-state index is 5.63. The van der Waals surface area contributed by atoms with Gasteiger partial charge in [-0.3, -0.25) is 0 Å². The van der Waals surface area contributed by atoms with E-state index in [1.807, 2.05) is 32.2 Å². The van der Waals surface area contributed by atoms with Gasteiger partial charge in [-0.2, -0.15) is 0 Å². The summed E-state index contributed by atoms with van der Waals surface area (Å²) >= 11 is 0. The predicted molar refractivity (Wildman–Crippen MR) is 50.8 cm³/mol. The molecule has 0 spiro atoms. The van der Waals surface area contributed by atoms with Crippen LogP contribution < -0.4 is 5.46 Å². The molecule has 2 rings (SSSR count). The first kappa shape index (κ1) is 7.41. The fraction of sp³-hybridized carbons (Fsp3) is 0.222. The lowest BCUT2D eigenvalue weighted by molar-refractivity contribution is 0.886. The molecular weight excluding hydrogens is 147 g/mol. The molecule has 3 heteroatoms. The van der Waals surface area contributed by atoms with Crippen LogP contribution in [-0.2, 0) is 7.05 Å². The van der Waals surface area contributed by atoms with Crippen molar-refractivity contribution in [2.45, 2.75) is 6.92 Å². The van der Waals surface area contributed by atoms with Gasteiger partial charge in [0.15, 0.2) is 0 Å². The van der Waals surface area contributed by atoms with Crippen molar-refractivity contribution in [2.24, 2.45) is 7.05 Å². The number of imidazole rings is 1. The third kappa shape index (κ3) is 0.933. The molecular formula is C9H9BN2. The van der Waals surface area contributed by atoms with E-state index < -0.39 is 0 Å². The molecule has 0 amide bonds. The maximum atomic E-state index is 5.63. The molecule has 0 aliphatic heterocycles. The van der Waals surface area contributed by atoms with Gasteiger partial charge in [-0.25, -0.2) is 4.98 Å². The standard InChI is InChI=1S/C9H9BN2/c1-6-11-8-5-7(10)3-4-9(8)12(6)2/h3-5H,1-2H3. The fourth-order valence-corrected chi connectivity index (χ4v) is 1.34. The van der Waals surface area contributed by atoms with Gasteiger partial charge < -0.3 is 4.57 Å². The zero-order valence-electron chi connectivity index (χ0n) is 7.20. The van der Waals surface area contributed by atoms with Crippen molar-refractivity contribution >= 4 is 24.3 Å². The monoisotopic (exact) mass is 156 g/mol. The van der Waals surface area contributed by atoms with Crippen molar-refractivity contribution in [3.05, 3.63) is 24.0 Å². The van der Waals surface area contributed by atoms with E-state index >= 15 is 0 Å². The molecule has 2 radical (unpaired) electrons. The second-order valence-electron chi connectivity index (χ2n) is 2.97. The molecule has 0 saturated heterocycles. The van der Waals surface area contributed by atoms with Gasteiger partial charge in [0.2, 0.25) is 0 Å². The van der Waals surface area contributed by atoms with Crippen molar-refractivity contribution < 1.29 is 0 Å². The third-order valence-electron chi connectivity index (χ3n) is 2.13. The summed E-state index contributed by atoms with van der Waals surface area (Å²) in [4.78, 5) is 4.36. The Kier molecular flexibility index (Phi) is 1.46. The molecule has 0 N–H and O–H groups in total. The van der Waals surface area contributed by atoms with Crippen LogP contribution >= 0.6 is 0 Å². The van der Waals surface area contributed by atoms with Crippen LogP contribution in [0.1, 0.15) is 5.82 Å². The highest BCUT2D eigenvalue weighted by Gasteiger charge is 2.01. The molecule has 58 valence electrons. The number of rotatable bonds is 0. The van der Waals surface area contributed by atoms with Gasteiger partial charge in [0.25, 0.3) is 0 Å². The van der Waals surface area contributed by atoms with E-state index in [4.69, 9.17) is 7.85 Å². The van der Waals surface area contributed by atoms with Gasteiger partial charge in [-0.15, -0.1) is 0 Å². The summed E-state index contributed by atoms with van der Waals surface area (Å²) in [7, 11) is 7.63. The van der Waals surface area contributed by atoms with Crippen molar-refractivity contribution in [1.82, 2.24) is 9.55 Å². The lowest BCUT2D eigenvalue weighted by atomic mass is 9.96. The van der Waals surface area contributed by atoms with Crippen molar-refractivity contribution in [3.8, 4) is 0 Å². The van der Waals surface area contributed by atoms with E-state index in [0.717, 1.165) is 22.3 Å². The Morgan fingerprint density at radius 2 is 2.17 bits per heavy atom. The molecule has 1 heterocycles. The molecule has 0 fully saturated rings. The molecule has 0 bridgehead atoms. The van der Waals surface area contributed by atoms with Crippen LogP contribution in [0.15, 0.2) is 18.2 Å². The summed E-state index contributed by atoms with van der Waals surface area (Å²) in [5, 5.41) is 0. The van der Waals surface area contributed by atoms with E-state index in [-0.39, 0.29) is 0 Å². The molecule has 0 unspecified atom stereocenters. The average molecular weight is 156 g/mol. The summed E-state index contributed by atoms with van der Waals surface area (Å²) in [6.07, 6.45) is 0.